The Labute approximate surface area is 87.4 Å². The van der Waals surface area contributed by atoms with Gasteiger partial charge in [0.2, 0.25) is 0 Å². The fraction of sp³-hybridized carbons (Fsp3) is 0.429. The lowest BCUT2D eigenvalue weighted by molar-refractivity contribution is 0.675. The molecular weight excluding hydrogens is 168 g/mol. The Morgan fingerprint density at radius 1 is 1.14 bits per heavy atom. The van der Waals surface area contributed by atoms with Crippen LogP contribution in [0.5, 0.6) is 0 Å². The van der Waals surface area contributed by atoms with Gasteiger partial charge in [0.25, 0.3) is 0 Å². The van der Waals surface area contributed by atoms with Crippen molar-refractivity contribution in [1.29, 1.82) is 0 Å². The van der Waals surface area contributed by atoms with E-state index in [4.69, 9.17) is 0 Å². The van der Waals surface area contributed by atoms with Crippen molar-refractivity contribution >= 4 is 0 Å². The summed E-state index contributed by atoms with van der Waals surface area (Å²) < 4.78 is 0. The van der Waals surface area contributed by atoms with Gasteiger partial charge in [-0.2, -0.15) is 0 Å². The van der Waals surface area contributed by atoms with Crippen molar-refractivity contribution in [3.05, 3.63) is 35.4 Å². The average molecular weight is 186 g/mol. The molecule has 0 saturated heterocycles. The van der Waals surface area contributed by atoms with Crippen LogP contribution in [0.2, 0.25) is 0 Å². The van der Waals surface area contributed by atoms with E-state index in [0.29, 0.717) is 5.92 Å². The molecule has 0 aliphatic rings. The molecule has 1 aromatic carbocycles. The van der Waals surface area contributed by atoms with E-state index in [2.05, 4.69) is 56.9 Å². The molecule has 0 atom stereocenters. The smallest absolute Gasteiger partial charge is 0.0342 e. The van der Waals surface area contributed by atoms with Crippen molar-refractivity contribution in [3.63, 3.8) is 0 Å². The number of hydrogen-bond donors (Lipinski definition) is 0. The summed E-state index contributed by atoms with van der Waals surface area (Å²) in [6.07, 6.45) is 1.89. The number of rotatable bonds is 2. The Morgan fingerprint density at radius 3 is 2.50 bits per heavy atom. The Morgan fingerprint density at radius 2 is 1.86 bits per heavy atom. The van der Waals surface area contributed by atoms with Crippen LogP contribution in [0.4, 0.5) is 0 Å². The summed E-state index contributed by atoms with van der Waals surface area (Å²) in [5, 5.41) is 0. The van der Waals surface area contributed by atoms with Gasteiger partial charge in [0.1, 0.15) is 0 Å². The van der Waals surface area contributed by atoms with Crippen LogP contribution in [-0.4, -0.2) is 0 Å². The molecule has 0 heterocycles. The molecule has 0 bridgehead atoms. The van der Waals surface area contributed by atoms with E-state index >= 15 is 0 Å². The quantitative estimate of drug-likeness (QED) is 0.619. The maximum atomic E-state index is 3.22. The third-order valence-electron chi connectivity index (χ3n) is 2.18. The second-order valence-corrected chi connectivity index (χ2v) is 4.05. The van der Waals surface area contributed by atoms with E-state index in [9.17, 15) is 0 Å². The molecule has 0 unspecified atom stereocenters. The first-order valence-electron chi connectivity index (χ1n) is 5.20. The second-order valence-electron chi connectivity index (χ2n) is 4.05. The monoisotopic (exact) mass is 186 g/mol. The summed E-state index contributed by atoms with van der Waals surface area (Å²) in [6, 6.07) is 8.44. The molecule has 0 nitrogen and oxygen atoms in total. The Kier molecular flexibility index (Phi) is 4.26. The third kappa shape index (κ3) is 3.66. The minimum atomic E-state index is 0.680. The van der Waals surface area contributed by atoms with Crippen molar-refractivity contribution in [1.82, 2.24) is 0 Å². The molecular formula is C14H18. The van der Waals surface area contributed by atoms with E-state index in [0.717, 1.165) is 12.8 Å². The van der Waals surface area contributed by atoms with Crippen LogP contribution < -0.4 is 0 Å². The zero-order chi connectivity index (χ0) is 10.4. The molecule has 0 aliphatic heterocycles. The van der Waals surface area contributed by atoms with Crippen LogP contribution in [0.15, 0.2) is 24.3 Å². The van der Waals surface area contributed by atoms with Gasteiger partial charge in [0.05, 0.1) is 0 Å². The van der Waals surface area contributed by atoms with Crippen molar-refractivity contribution < 1.29 is 0 Å². The molecule has 14 heavy (non-hydrogen) atoms. The number of aryl methyl sites for hydroxylation is 1. The predicted octanol–water partition coefficient (Wildman–Crippen LogP) is 3.59. The first kappa shape index (κ1) is 10.9. The van der Waals surface area contributed by atoms with Crippen molar-refractivity contribution in [2.45, 2.75) is 33.6 Å². The lowest BCUT2D eigenvalue weighted by Gasteiger charge is -1.99. The van der Waals surface area contributed by atoms with Gasteiger partial charge in [0, 0.05) is 12.8 Å². The molecule has 0 spiro atoms. The SMILES string of the molecule is Cc1ccccc1CC#CCC(C)C. The molecule has 0 aromatic heterocycles. The zero-order valence-electron chi connectivity index (χ0n) is 9.30. The molecule has 1 aromatic rings. The van der Waals surface area contributed by atoms with Crippen LogP contribution in [0.25, 0.3) is 0 Å². The van der Waals surface area contributed by atoms with Gasteiger partial charge in [-0.1, -0.05) is 44.0 Å². The highest BCUT2D eigenvalue weighted by Gasteiger charge is 1.92. The highest BCUT2D eigenvalue weighted by Crippen LogP contribution is 2.06. The van der Waals surface area contributed by atoms with Crippen LogP contribution in [0, 0.1) is 24.7 Å². The standard InChI is InChI=1S/C14H18/c1-12(2)8-4-6-10-14-11-7-5-9-13(14)3/h5,7,9,11-12H,8,10H2,1-3H3. The third-order valence-corrected chi connectivity index (χ3v) is 2.18. The van der Waals surface area contributed by atoms with Crippen molar-refractivity contribution in [3.8, 4) is 11.8 Å². The van der Waals surface area contributed by atoms with Gasteiger partial charge in [-0.05, 0) is 24.0 Å². The van der Waals surface area contributed by atoms with Crippen LogP contribution in [-0.2, 0) is 6.42 Å². The molecule has 0 fully saturated rings. The summed E-state index contributed by atoms with van der Waals surface area (Å²) in [5.74, 6) is 7.11. The Hall–Kier alpha value is -1.22. The fourth-order valence-corrected chi connectivity index (χ4v) is 1.24. The first-order chi connectivity index (χ1) is 6.70. The van der Waals surface area contributed by atoms with Crippen molar-refractivity contribution in [2.75, 3.05) is 0 Å². The zero-order valence-corrected chi connectivity index (χ0v) is 9.30. The van der Waals surface area contributed by atoms with E-state index in [1.165, 1.54) is 11.1 Å². The molecule has 0 saturated carbocycles. The molecule has 0 aliphatic carbocycles. The van der Waals surface area contributed by atoms with Gasteiger partial charge in [-0.3, -0.25) is 0 Å². The number of hydrogen-bond acceptors (Lipinski definition) is 0. The van der Waals surface area contributed by atoms with Crippen LogP contribution in [0.3, 0.4) is 0 Å². The van der Waals surface area contributed by atoms with Crippen LogP contribution >= 0.6 is 0 Å². The van der Waals surface area contributed by atoms with Crippen LogP contribution in [0.1, 0.15) is 31.4 Å². The van der Waals surface area contributed by atoms with Gasteiger partial charge in [0.15, 0.2) is 0 Å². The maximum Gasteiger partial charge on any atom is 0.0342 e. The average Bonchev–Trinajstić information content (AvgIpc) is 2.15. The highest BCUT2D eigenvalue weighted by atomic mass is 14.0. The lowest BCUT2D eigenvalue weighted by Crippen LogP contribution is -1.87. The molecule has 1 rings (SSSR count). The topological polar surface area (TPSA) is 0 Å². The lowest BCUT2D eigenvalue weighted by atomic mass is 10.1. The molecule has 0 heteroatoms. The molecule has 0 N–H and O–H groups in total. The first-order valence-corrected chi connectivity index (χ1v) is 5.20. The van der Waals surface area contributed by atoms with Gasteiger partial charge in [-0.15, -0.1) is 5.92 Å². The summed E-state index contributed by atoms with van der Waals surface area (Å²) >= 11 is 0. The summed E-state index contributed by atoms with van der Waals surface area (Å²) in [7, 11) is 0. The van der Waals surface area contributed by atoms with Gasteiger partial charge < -0.3 is 0 Å². The normalized spacial score (nSPS) is 9.71. The van der Waals surface area contributed by atoms with Gasteiger partial charge in [-0.25, -0.2) is 0 Å². The Balaban J connectivity index is 2.52. The predicted molar refractivity (Wildman–Crippen MR) is 62.1 cm³/mol. The van der Waals surface area contributed by atoms with Gasteiger partial charge >= 0.3 is 0 Å². The largest absolute Gasteiger partial charge is 0.103 e. The summed E-state index contributed by atoms with van der Waals surface area (Å²) in [6.45, 7) is 6.53. The molecule has 74 valence electrons. The molecule has 0 radical (unpaired) electrons. The summed E-state index contributed by atoms with van der Waals surface area (Å²) in [4.78, 5) is 0. The van der Waals surface area contributed by atoms with E-state index < -0.39 is 0 Å². The highest BCUT2D eigenvalue weighted by molar-refractivity contribution is 5.29. The Bertz CT molecular complexity index is 337. The fourth-order valence-electron chi connectivity index (χ4n) is 1.24. The van der Waals surface area contributed by atoms with Crippen molar-refractivity contribution in [2.24, 2.45) is 5.92 Å². The van der Waals surface area contributed by atoms with E-state index in [1.54, 1.807) is 0 Å². The second kappa shape index (κ2) is 5.50. The number of benzene rings is 1. The minimum Gasteiger partial charge on any atom is -0.103 e. The van der Waals surface area contributed by atoms with E-state index in [1.807, 2.05) is 0 Å². The van der Waals surface area contributed by atoms with E-state index in [-0.39, 0.29) is 0 Å². The maximum absolute atomic E-state index is 3.22. The summed E-state index contributed by atoms with van der Waals surface area (Å²) in [5.41, 5.74) is 2.69. The molecule has 0 amide bonds. The minimum absolute atomic E-state index is 0.680.